The lowest BCUT2D eigenvalue weighted by Gasteiger charge is -2.35. The van der Waals surface area contributed by atoms with Crippen LogP contribution in [0.5, 0.6) is 0 Å². The summed E-state index contributed by atoms with van der Waals surface area (Å²) in [5.74, 6) is 1.34. The molecule has 0 saturated heterocycles. The minimum Gasteiger partial charge on any atom is -0.373 e. The number of benzene rings is 2. The van der Waals surface area contributed by atoms with E-state index in [1.807, 2.05) is 18.3 Å². The molecular formula is C26H25Cl2N3O. The van der Waals surface area contributed by atoms with Gasteiger partial charge in [0.05, 0.1) is 11.6 Å². The Morgan fingerprint density at radius 3 is 2.53 bits per heavy atom. The number of aromatic nitrogens is 1. The van der Waals surface area contributed by atoms with Crippen molar-refractivity contribution in [3.05, 3.63) is 71.4 Å². The van der Waals surface area contributed by atoms with E-state index in [9.17, 15) is 4.79 Å². The van der Waals surface area contributed by atoms with Crippen molar-refractivity contribution in [3.63, 3.8) is 0 Å². The third-order valence-corrected chi connectivity index (χ3v) is 6.77. The van der Waals surface area contributed by atoms with Crippen molar-refractivity contribution in [2.45, 2.75) is 25.3 Å². The summed E-state index contributed by atoms with van der Waals surface area (Å²) >= 11 is 11.9. The summed E-state index contributed by atoms with van der Waals surface area (Å²) < 4.78 is 0. The van der Waals surface area contributed by atoms with E-state index in [0.717, 1.165) is 64.9 Å². The lowest BCUT2D eigenvalue weighted by Crippen LogP contribution is -2.28. The fourth-order valence-corrected chi connectivity index (χ4v) is 5.39. The van der Waals surface area contributed by atoms with Crippen molar-refractivity contribution in [1.29, 1.82) is 0 Å². The van der Waals surface area contributed by atoms with Gasteiger partial charge in [-0.3, -0.25) is 9.78 Å². The SMILES string of the molecule is O=C1CCCC2=C1C(c1ccc(N(CCCl)CCCl)cc1)Nc1ccc3ncccc3c12. The predicted molar refractivity (Wildman–Crippen MR) is 134 cm³/mol. The largest absolute Gasteiger partial charge is 0.373 e. The quantitative estimate of drug-likeness (QED) is 0.440. The molecule has 0 radical (unpaired) electrons. The second kappa shape index (κ2) is 9.13. The van der Waals surface area contributed by atoms with Gasteiger partial charge < -0.3 is 10.2 Å². The molecule has 2 heterocycles. The number of carbonyl (C=O) groups is 1. The number of alkyl halides is 2. The fraction of sp³-hybridized carbons (Fsp3) is 0.308. The first-order valence-electron chi connectivity index (χ1n) is 11.1. The maximum atomic E-state index is 13.2. The van der Waals surface area contributed by atoms with E-state index < -0.39 is 0 Å². The Morgan fingerprint density at radius 2 is 1.78 bits per heavy atom. The molecule has 3 aromatic rings. The molecule has 1 atom stereocenters. The fourth-order valence-electron chi connectivity index (χ4n) is 4.99. The Balaban J connectivity index is 1.58. The van der Waals surface area contributed by atoms with Gasteiger partial charge in [-0.15, -0.1) is 23.2 Å². The van der Waals surface area contributed by atoms with E-state index in [-0.39, 0.29) is 11.8 Å². The first-order valence-corrected chi connectivity index (χ1v) is 12.2. The summed E-state index contributed by atoms with van der Waals surface area (Å²) in [6, 6.07) is 16.5. The minimum absolute atomic E-state index is 0.150. The number of fused-ring (bicyclic) bond motifs is 4. The van der Waals surface area contributed by atoms with Gasteiger partial charge in [0.25, 0.3) is 0 Å². The highest BCUT2D eigenvalue weighted by Crippen LogP contribution is 2.47. The summed E-state index contributed by atoms with van der Waals surface area (Å²) in [6.45, 7) is 1.50. The monoisotopic (exact) mass is 465 g/mol. The average Bonchev–Trinajstić information content (AvgIpc) is 2.83. The van der Waals surface area contributed by atoms with Gasteiger partial charge in [0.15, 0.2) is 5.78 Å². The van der Waals surface area contributed by atoms with Crippen LogP contribution in [-0.2, 0) is 4.79 Å². The number of halogens is 2. The normalized spacial score (nSPS) is 17.7. The molecule has 164 valence electrons. The van der Waals surface area contributed by atoms with Crippen molar-refractivity contribution >= 4 is 56.8 Å². The number of nitrogens with zero attached hydrogens (tertiary/aromatic N) is 2. The van der Waals surface area contributed by atoms with Crippen molar-refractivity contribution in [1.82, 2.24) is 4.98 Å². The number of nitrogens with one attached hydrogen (secondary N) is 1. The number of pyridine rings is 1. The van der Waals surface area contributed by atoms with Crippen molar-refractivity contribution in [2.24, 2.45) is 0 Å². The van der Waals surface area contributed by atoms with E-state index in [4.69, 9.17) is 23.2 Å². The summed E-state index contributed by atoms with van der Waals surface area (Å²) in [5.41, 5.74) is 7.43. The maximum absolute atomic E-state index is 13.2. The molecule has 1 aromatic heterocycles. The van der Waals surface area contributed by atoms with Gasteiger partial charge in [0.2, 0.25) is 0 Å². The number of carbonyl (C=O) groups excluding carboxylic acids is 1. The van der Waals surface area contributed by atoms with Crippen LogP contribution in [0.15, 0.2) is 60.3 Å². The molecule has 2 aromatic carbocycles. The third kappa shape index (κ3) is 3.76. The minimum atomic E-state index is -0.150. The summed E-state index contributed by atoms with van der Waals surface area (Å²) in [5, 5.41) is 4.77. The number of hydrogen-bond donors (Lipinski definition) is 1. The molecule has 5 rings (SSSR count). The molecule has 32 heavy (non-hydrogen) atoms. The van der Waals surface area contributed by atoms with Crippen LogP contribution >= 0.6 is 23.2 Å². The first-order chi connectivity index (χ1) is 15.7. The Morgan fingerprint density at radius 1 is 1.00 bits per heavy atom. The van der Waals surface area contributed by atoms with Crippen molar-refractivity contribution in [3.8, 4) is 0 Å². The molecule has 1 N–H and O–H groups in total. The van der Waals surface area contributed by atoms with Crippen LogP contribution in [0.4, 0.5) is 11.4 Å². The van der Waals surface area contributed by atoms with E-state index in [1.165, 1.54) is 5.57 Å². The standard InChI is InChI=1S/C26H25Cl2N3O/c27-12-15-31(16-13-28)18-8-6-17(7-9-18)26-25-20(3-1-5-23(25)32)24-19-4-2-14-29-21(19)10-11-22(24)30-26/h2,4,6-11,14,26,30H,1,3,5,12-13,15-16H2. The van der Waals surface area contributed by atoms with Gasteiger partial charge in [-0.25, -0.2) is 0 Å². The molecule has 1 aliphatic heterocycles. The molecule has 0 amide bonds. The smallest absolute Gasteiger partial charge is 0.161 e. The number of ketones is 1. The van der Waals surface area contributed by atoms with Gasteiger partial charge >= 0.3 is 0 Å². The van der Waals surface area contributed by atoms with Crippen LogP contribution in [0.2, 0.25) is 0 Å². The van der Waals surface area contributed by atoms with E-state index in [2.05, 4.69) is 51.6 Å². The number of hydrogen-bond acceptors (Lipinski definition) is 4. The zero-order valence-electron chi connectivity index (χ0n) is 17.8. The summed E-state index contributed by atoms with van der Waals surface area (Å²) in [7, 11) is 0. The molecule has 0 saturated carbocycles. The lowest BCUT2D eigenvalue weighted by atomic mass is 9.77. The summed E-state index contributed by atoms with van der Waals surface area (Å²) in [6.07, 6.45) is 4.23. The van der Waals surface area contributed by atoms with Crippen molar-refractivity contribution < 1.29 is 4.79 Å². The van der Waals surface area contributed by atoms with Gasteiger partial charge in [-0.1, -0.05) is 18.2 Å². The highest BCUT2D eigenvalue weighted by atomic mass is 35.5. The third-order valence-electron chi connectivity index (χ3n) is 6.43. The van der Waals surface area contributed by atoms with Gasteiger partial charge in [0.1, 0.15) is 0 Å². The van der Waals surface area contributed by atoms with Crippen LogP contribution in [0.1, 0.15) is 36.4 Å². The molecule has 0 fully saturated rings. The molecular weight excluding hydrogens is 441 g/mol. The zero-order valence-corrected chi connectivity index (χ0v) is 19.3. The van der Waals surface area contributed by atoms with Crippen LogP contribution < -0.4 is 10.2 Å². The molecule has 1 unspecified atom stereocenters. The maximum Gasteiger partial charge on any atom is 0.161 e. The number of rotatable bonds is 6. The van der Waals surface area contributed by atoms with Crippen LogP contribution in [-0.4, -0.2) is 35.6 Å². The zero-order chi connectivity index (χ0) is 22.1. The number of anilines is 2. The second-order valence-corrected chi connectivity index (χ2v) is 9.02. The average molecular weight is 466 g/mol. The number of allylic oxidation sites excluding steroid dienone is 1. The Kier molecular flexibility index (Phi) is 6.07. The van der Waals surface area contributed by atoms with Crippen molar-refractivity contribution in [2.75, 3.05) is 35.1 Å². The van der Waals surface area contributed by atoms with Gasteiger partial charge in [-0.2, -0.15) is 0 Å². The highest BCUT2D eigenvalue weighted by Gasteiger charge is 2.35. The number of Topliss-reactive ketones (excluding diaryl/α,β-unsaturated/α-hetero) is 1. The van der Waals surface area contributed by atoms with Gasteiger partial charge in [-0.05, 0) is 54.3 Å². The topological polar surface area (TPSA) is 45.2 Å². The lowest BCUT2D eigenvalue weighted by molar-refractivity contribution is -0.116. The van der Waals surface area contributed by atoms with Gasteiger partial charge in [0, 0.05) is 65.4 Å². The Labute approximate surface area is 198 Å². The van der Waals surface area contributed by atoms with E-state index >= 15 is 0 Å². The highest BCUT2D eigenvalue weighted by molar-refractivity contribution is 6.18. The Hall–Kier alpha value is -2.56. The van der Waals surface area contributed by atoms with Crippen LogP contribution in [0.3, 0.4) is 0 Å². The van der Waals surface area contributed by atoms with E-state index in [0.29, 0.717) is 18.2 Å². The van der Waals surface area contributed by atoms with Crippen LogP contribution in [0.25, 0.3) is 16.5 Å². The molecule has 0 bridgehead atoms. The van der Waals surface area contributed by atoms with E-state index in [1.54, 1.807) is 0 Å². The molecule has 0 spiro atoms. The molecule has 2 aliphatic rings. The molecule has 6 heteroatoms. The molecule has 1 aliphatic carbocycles. The summed E-state index contributed by atoms with van der Waals surface area (Å²) in [4.78, 5) is 19.9. The Bertz CT molecular complexity index is 1180. The predicted octanol–water partition coefficient (Wildman–Crippen LogP) is 6.19. The van der Waals surface area contributed by atoms with Crippen LogP contribution in [0, 0.1) is 0 Å². The first kappa shape index (κ1) is 21.3. The second-order valence-electron chi connectivity index (χ2n) is 8.26. The molecule has 4 nitrogen and oxygen atoms in total.